The van der Waals surface area contributed by atoms with Crippen molar-refractivity contribution < 1.29 is 9.47 Å². The predicted octanol–water partition coefficient (Wildman–Crippen LogP) is 3.05. The van der Waals surface area contributed by atoms with Gasteiger partial charge in [0, 0.05) is 31.9 Å². The Hall–Kier alpha value is -3.22. The van der Waals surface area contributed by atoms with Crippen LogP contribution in [0.3, 0.4) is 0 Å². The lowest BCUT2D eigenvalue weighted by atomic mass is 10.3. The number of aliphatic imine (C=N–C) groups is 1. The summed E-state index contributed by atoms with van der Waals surface area (Å²) in [7, 11) is 4.98. The minimum atomic E-state index is 0.665. The molecule has 7 heteroatoms. The summed E-state index contributed by atoms with van der Waals surface area (Å²) >= 11 is 0. The molecule has 0 aliphatic heterocycles. The molecule has 7 nitrogen and oxygen atoms in total. The number of methoxy groups -OCH3 is 2. The number of hydrogen-bond acceptors (Lipinski definition) is 4. The third-order valence-electron chi connectivity index (χ3n) is 4.34. The zero-order valence-electron chi connectivity index (χ0n) is 16.1. The van der Waals surface area contributed by atoms with Crippen LogP contribution in [0.25, 0.3) is 11.0 Å². The van der Waals surface area contributed by atoms with Gasteiger partial charge in [0.15, 0.2) is 17.5 Å². The minimum Gasteiger partial charge on any atom is -0.493 e. The van der Waals surface area contributed by atoms with Crippen LogP contribution in [-0.2, 0) is 6.54 Å². The third-order valence-corrected chi connectivity index (χ3v) is 4.34. The second-order valence-corrected chi connectivity index (χ2v) is 5.99. The summed E-state index contributed by atoms with van der Waals surface area (Å²) < 4.78 is 12.8. The highest BCUT2D eigenvalue weighted by molar-refractivity contribution is 5.93. The van der Waals surface area contributed by atoms with Gasteiger partial charge in [-0.2, -0.15) is 0 Å². The zero-order chi connectivity index (χ0) is 19.2. The quantitative estimate of drug-likeness (QED) is 0.517. The molecule has 27 heavy (non-hydrogen) atoms. The van der Waals surface area contributed by atoms with Crippen LogP contribution < -0.4 is 20.1 Å². The fourth-order valence-electron chi connectivity index (χ4n) is 2.99. The first-order chi connectivity index (χ1) is 13.2. The molecule has 0 saturated heterocycles. The van der Waals surface area contributed by atoms with Crippen molar-refractivity contribution in [1.29, 1.82) is 0 Å². The summed E-state index contributed by atoms with van der Waals surface area (Å²) in [5, 5.41) is 6.60. The fraction of sp³-hybridized carbons (Fsp3) is 0.300. The Balaban J connectivity index is 1.63. The van der Waals surface area contributed by atoms with E-state index in [1.165, 1.54) is 0 Å². The maximum absolute atomic E-state index is 5.34. The van der Waals surface area contributed by atoms with Gasteiger partial charge in [-0.25, -0.2) is 4.98 Å². The molecule has 0 radical (unpaired) electrons. The van der Waals surface area contributed by atoms with Crippen molar-refractivity contribution in [3.8, 4) is 11.5 Å². The Morgan fingerprint density at radius 3 is 2.63 bits per heavy atom. The topological polar surface area (TPSA) is 72.7 Å². The van der Waals surface area contributed by atoms with Crippen molar-refractivity contribution in [3.63, 3.8) is 0 Å². The number of nitrogens with zero attached hydrogens (tertiary/aromatic N) is 3. The van der Waals surface area contributed by atoms with Gasteiger partial charge in [0.1, 0.15) is 5.82 Å². The summed E-state index contributed by atoms with van der Waals surface area (Å²) in [6, 6.07) is 13.8. The number of rotatable bonds is 6. The Kier molecular flexibility index (Phi) is 5.80. The highest BCUT2D eigenvalue weighted by atomic mass is 16.5. The maximum Gasteiger partial charge on any atom is 0.195 e. The van der Waals surface area contributed by atoms with Gasteiger partial charge >= 0.3 is 0 Å². The molecule has 0 saturated carbocycles. The number of para-hydroxylation sites is 2. The summed E-state index contributed by atoms with van der Waals surface area (Å²) in [5.74, 6) is 3.04. The molecule has 0 bridgehead atoms. The standard InChI is InChI=1S/C20H25N5O2/c1-14-23-16-7-5-6-8-17(16)25(14)12-11-22-20(21-2)24-15-9-10-18(26-3)19(13-15)27-4/h5-10,13H,11-12H2,1-4H3,(H2,21,22,24). The fourth-order valence-corrected chi connectivity index (χ4v) is 2.99. The van der Waals surface area contributed by atoms with Crippen molar-refractivity contribution in [2.75, 3.05) is 33.1 Å². The van der Waals surface area contributed by atoms with Crippen molar-refractivity contribution in [3.05, 3.63) is 48.3 Å². The van der Waals surface area contributed by atoms with Gasteiger partial charge in [-0.1, -0.05) is 12.1 Å². The van der Waals surface area contributed by atoms with E-state index in [1.807, 2.05) is 43.3 Å². The predicted molar refractivity (Wildman–Crippen MR) is 109 cm³/mol. The van der Waals surface area contributed by atoms with Crippen LogP contribution in [0.15, 0.2) is 47.5 Å². The number of nitrogens with one attached hydrogen (secondary N) is 2. The number of aromatic nitrogens is 2. The Morgan fingerprint density at radius 1 is 1.11 bits per heavy atom. The van der Waals surface area contributed by atoms with E-state index < -0.39 is 0 Å². The van der Waals surface area contributed by atoms with Crippen molar-refractivity contribution in [2.45, 2.75) is 13.5 Å². The molecule has 1 aromatic heterocycles. The van der Waals surface area contributed by atoms with Gasteiger partial charge in [-0.05, 0) is 31.2 Å². The lowest BCUT2D eigenvalue weighted by Crippen LogP contribution is -2.33. The molecule has 3 rings (SSSR count). The molecule has 3 aromatic rings. The zero-order valence-corrected chi connectivity index (χ0v) is 16.1. The second kappa shape index (κ2) is 8.44. The van der Waals surface area contributed by atoms with Gasteiger partial charge in [0.2, 0.25) is 0 Å². The van der Waals surface area contributed by atoms with E-state index in [0.717, 1.165) is 29.1 Å². The number of fused-ring (bicyclic) bond motifs is 1. The lowest BCUT2D eigenvalue weighted by molar-refractivity contribution is 0.355. The van der Waals surface area contributed by atoms with Gasteiger partial charge in [-0.3, -0.25) is 4.99 Å². The van der Waals surface area contributed by atoms with Crippen LogP contribution in [0.1, 0.15) is 5.82 Å². The number of anilines is 1. The Bertz CT molecular complexity index is 949. The smallest absolute Gasteiger partial charge is 0.195 e. The van der Waals surface area contributed by atoms with Crippen molar-refractivity contribution in [2.24, 2.45) is 4.99 Å². The van der Waals surface area contributed by atoms with Gasteiger partial charge in [0.05, 0.1) is 25.3 Å². The van der Waals surface area contributed by atoms with Crippen LogP contribution in [0, 0.1) is 6.92 Å². The second-order valence-electron chi connectivity index (χ2n) is 5.99. The van der Waals surface area contributed by atoms with Gasteiger partial charge in [0.25, 0.3) is 0 Å². The van der Waals surface area contributed by atoms with E-state index in [4.69, 9.17) is 9.47 Å². The molecule has 0 unspecified atom stereocenters. The third kappa shape index (κ3) is 4.13. The largest absolute Gasteiger partial charge is 0.493 e. The summed E-state index contributed by atoms with van der Waals surface area (Å²) in [6.45, 7) is 3.53. The molecule has 0 aliphatic carbocycles. The number of aryl methyl sites for hydroxylation is 1. The number of guanidine groups is 1. The van der Waals surface area contributed by atoms with Crippen LogP contribution in [0.4, 0.5) is 5.69 Å². The molecule has 2 aromatic carbocycles. The highest BCUT2D eigenvalue weighted by Gasteiger charge is 2.08. The number of benzene rings is 2. The minimum absolute atomic E-state index is 0.665. The number of imidazole rings is 1. The molecule has 0 aliphatic rings. The van der Waals surface area contributed by atoms with Gasteiger partial charge < -0.3 is 24.7 Å². The monoisotopic (exact) mass is 367 g/mol. The van der Waals surface area contributed by atoms with E-state index >= 15 is 0 Å². The molecule has 0 atom stereocenters. The highest BCUT2D eigenvalue weighted by Crippen LogP contribution is 2.29. The number of ether oxygens (including phenoxy) is 2. The first kappa shape index (κ1) is 18.6. The SMILES string of the molecule is CN=C(NCCn1c(C)nc2ccccc21)Nc1ccc(OC)c(OC)c1. The van der Waals surface area contributed by atoms with Crippen LogP contribution in [0.2, 0.25) is 0 Å². The van der Waals surface area contributed by atoms with E-state index in [9.17, 15) is 0 Å². The first-order valence-corrected chi connectivity index (χ1v) is 8.78. The molecule has 0 spiro atoms. The van der Waals surface area contributed by atoms with E-state index in [2.05, 4.69) is 31.2 Å². The molecule has 1 heterocycles. The molecule has 2 N–H and O–H groups in total. The van der Waals surface area contributed by atoms with E-state index in [1.54, 1.807) is 21.3 Å². The molecule has 142 valence electrons. The van der Waals surface area contributed by atoms with E-state index in [-0.39, 0.29) is 0 Å². The molecule has 0 amide bonds. The average molecular weight is 367 g/mol. The molecular weight excluding hydrogens is 342 g/mol. The van der Waals surface area contributed by atoms with E-state index in [0.29, 0.717) is 24.0 Å². The molecular formula is C20H25N5O2. The number of hydrogen-bond donors (Lipinski definition) is 2. The van der Waals surface area contributed by atoms with Crippen LogP contribution >= 0.6 is 0 Å². The summed E-state index contributed by atoms with van der Waals surface area (Å²) in [4.78, 5) is 8.88. The lowest BCUT2D eigenvalue weighted by Gasteiger charge is -2.15. The summed E-state index contributed by atoms with van der Waals surface area (Å²) in [6.07, 6.45) is 0. The Labute approximate surface area is 159 Å². The molecule has 0 fully saturated rings. The van der Waals surface area contributed by atoms with Crippen LogP contribution in [0.5, 0.6) is 11.5 Å². The van der Waals surface area contributed by atoms with Crippen molar-refractivity contribution in [1.82, 2.24) is 14.9 Å². The normalized spacial score (nSPS) is 11.5. The van der Waals surface area contributed by atoms with Crippen molar-refractivity contribution >= 4 is 22.7 Å². The maximum atomic E-state index is 5.34. The Morgan fingerprint density at radius 2 is 1.89 bits per heavy atom. The van der Waals surface area contributed by atoms with Crippen LogP contribution in [-0.4, -0.2) is 43.3 Å². The van der Waals surface area contributed by atoms with Gasteiger partial charge in [-0.15, -0.1) is 0 Å². The summed E-state index contributed by atoms with van der Waals surface area (Å²) in [5.41, 5.74) is 3.02. The average Bonchev–Trinajstić information content (AvgIpc) is 3.02. The first-order valence-electron chi connectivity index (χ1n) is 8.78.